The van der Waals surface area contributed by atoms with Crippen LogP contribution in [0.3, 0.4) is 0 Å². The summed E-state index contributed by atoms with van der Waals surface area (Å²) in [5.41, 5.74) is 8.83. The maximum absolute atomic E-state index is 12.3. The topological polar surface area (TPSA) is 72.2 Å². The van der Waals surface area contributed by atoms with E-state index in [9.17, 15) is 4.79 Å². The van der Waals surface area contributed by atoms with Crippen LogP contribution in [0.15, 0.2) is 69.3 Å². The Hall–Kier alpha value is -2.97. The number of amides is 1. The summed E-state index contributed by atoms with van der Waals surface area (Å²) >= 11 is 4.79. The molecule has 0 bridgehead atoms. The van der Waals surface area contributed by atoms with Crippen LogP contribution in [0.1, 0.15) is 28.2 Å². The van der Waals surface area contributed by atoms with Crippen LogP contribution in [-0.2, 0) is 11.3 Å². The van der Waals surface area contributed by atoms with Crippen LogP contribution in [0, 0.1) is 20.8 Å². The second-order valence-electron chi connectivity index (χ2n) is 7.74. The van der Waals surface area contributed by atoms with Gasteiger partial charge < -0.3 is 4.57 Å². The molecule has 0 unspecified atom stereocenters. The molecule has 2 heterocycles. The van der Waals surface area contributed by atoms with Crippen molar-refractivity contribution in [1.82, 2.24) is 20.0 Å². The Morgan fingerprint density at radius 1 is 1.09 bits per heavy atom. The minimum absolute atomic E-state index is 0.199. The molecular weight excluding hydrogens is 498 g/mol. The molecule has 0 fully saturated rings. The molecule has 1 amide bonds. The molecule has 33 heavy (non-hydrogen) atoms. The predicted octanol–water partition coefficient (Wildman–Crippen LogP) is 5.41. The molecule has 0 saturated heterocycles. The largest absolute Gasteiger partial charge is 0.340 e. The Bertz CT molecular complexity index is 1310. The molecule has 8 heteroatoms. The van der Waals surface area contributed by atoms with Crippen molar-refractivity contribution >= 4 is 50.7 Å². The first-order valence-corrected chi connectivity index (χ1v) is 12.3. The smallest absolute Gasteiger partial charge is 0.250 e. The van der Waals surface area contributed by atoms with Gasteiger partial charge in [-0.1, -0.05) is 58.0 Å². The predicted molar refractivity (Wildman–Crippen MR) is 138 cm³/mol. The van der Waals surface area contributed by atoms with Gasteiger partial charge in [0.1, 0.15) is 0 Å². The molecule has 0 radical (unpaired) electrons. The molecule has 0 spiro atoms. The highest BCUT2D eigenvalue weighted by Crippen LogP contribution is 2.26. The van der Waals surface area contributed by atoms with Crippen molar-refractivity contribution in [3.05, 3.63) is 87.3 Å². The zero-order valence-corrected chi connectivity index (χ0v) is 21.1. The second kappa shape index (κ2) is 10.3. The van der Waals surface area contributed by atoms with Crippen LogP contribution in [0.4, 0.5) is 0 Å². The van der Waals surface area contributed by atoms with Crippen molar-refractivity contribution in [1.29, 1.82) is 0 Å². The minimum atomic E-state index is -0.199. The summed E-state index contributed by atoms with van der Waals surface area (Å²) in [6, 6.07) is 18.5. The third kappa shape index (κ3) is 5.69. The Morgan fingerprint density at radius 2 is 1.79 bits per heavy atom. The molecule has 0 aliphatic carbocycles. The van der Waals surface area contributed by atoms with Gasteiger partial charge in [-0.15, -0.1) is 0 Å². The SMILES string of the molecule is Cc1cc(C)nc(SCC(=O)N/N=C\c2c(C)n(Cc3ccc(Br)cc3)c3ccccc23)n1. The lowest BCUT2D eigenvalue weighted by Gasteiger charge is -2.09. The molecule has 0 atom stereocenters. The van der Waals surface area contributed by atoms with Gasteiger partial charge in [-0.2, -0.15) is 5.10 Å². The Balaban J connectivity index is 1.48. The van der Waals surface area contributed by atoms with Gasteiger partial charge in [-0.05, 0) is 50.6 Å². The zero-order chi connectivity index (χ0) is 23.4. The molecule has 1 N–H and O–H groups in total. The van der Waals surface area contributed by atoms with E-state index in [0.29, 0.717) is 5.16 Å². The molecule has 168 valence electrons. The average Bonchev–Trinajstić information content (AvgIpc) is 3.04. The highest BCUT2D eigenvalue weighted by atomic mass is 79.9. The van der Waals surface area contributed by atoms with Crippen LogP contribution < -0.4 is 5.43 Å². The van der Waals surface area contributed by atoms with Crippen molar-refractivity contribution in [2.24, 2.45) is 5.10 Å². The van der Waals surface area contributed by atoms with Crippen LogP contribution in [0.25, 0.3) is 10.9 Å². The number of aryl methyl sites for hydroxylation is 2. The fourth-order valence-corrected chi connectivity index (χ4v) is 4.69. The van der Waals surface area contributed by atoms with Gasteiger partial charge in [0, 0.05) is 44.6 Å². The number of carbonyl (C=O) groups is 1. The second-order valence-corrected chi connectivity index (χ2v) is 9.60. The normalized spacial score (nSPS) is 11.4. The molecule has 0 aliphatic heterocycles. The van der Waals surface area contributed by atoms with Crippen LogP contribution in [-0.4, -0.2) is 32.4 Å². The van der Waals surface area contributed by atoms with E-state index in [1.54, 1.807) is 6.21 Å². The fourth-order valence-electron chi connectivity index (χ4n) is 3.69. The van der Waals surface area contributed by atoms with Crippen LogP contribution in [0.5, 0.6) is 0 Å². The van der Waals surface area contributed by atoms with Gasteiger partial charge in [0.25, 0.3) is 5.91 Å². The van der Waals surface area contributed by atoms with E-state index in [-0.39, 0.29) is 11.7 Å². The van der Waals surface area contributed by atoms with E-state index in [4.69, 9.17) is 0 Å². The van der Waals surface area contributed by atoms with Gasteiger partial charge in [-0.3, -0.25) is 4.79 Å². The van der Waals surface area contributed by atoms with E-state index in [1.165, 1.54) is 17.3 Å². The lowest BCUT2D eigenvalue weighted by atomic mass is 10.1. The van der Waals surface area contributed by atoms with Crippen molar-refractivity contribution in [3.63, 3.8) is 0 Å². The summed E-state index contributed by atoms with van der Waals surface area (Å²) in [6.45, 7) is 6.67. The summed E-state index contributed by atoms with van der Waals surface area (Å²) < 4.78 is 3.33. The number of benzene rings is 2. The van der Waals surface area contributed by atoms with Gasteiger partial charge in [0.05, 0.1) is 12.0 Å². The maximum atomic E-state index is 12.3. The fraction of sp³-hybridized carbons (Fsp3) is 0.200. The molecule has 6 nitrogen and oxygen atoms in total. The van der Waals surface area contributed by atoms with Gasteiger partial charge in [-0.25, -0.2) is 15.4 Å². The first-order valence-electron chi connectivity index (χ1n) is 10.5. The Labute approximate surface area is 205 Å². The summed E-state index contributed by atoms with van der Waals surface area (Å²) in [5.74, 6) is 0.000120. The van der Waals surface area contributed by atoms with Crippen LogP contribution >= 0.6 is 27.7 Å². The molecule has 4 aromatic rings. The number of carbonyl (C=O) groups excluding carboxylic acids is 1. The van der Waals surface area contributed by atoms with Crippen molar-refractivity contribution < 1.29 is 4.79 Å². The number of nitrogens with zero attached hydrogens (tertiary/aromatic N) is 4. The average molecular weight is 522 g/mol. The standard InChI is InChI=1S/C25H24BrN5OS/c1-16-12-17(2)29-25(28-16)33-15-24(32)30-27-13-22-18(3)31(23-7-5-4-6-21(22)23)14-19-8-10-20(26)11-9-19/h4-13H,14-15H2,1-3H3,(H,30,32)/b27-13-. The van der Waals surface area contributed by atoms with E-state index < -0.39 is 0 Å². The van der Waals surface area contributed by atoms with E-state index >= 15 is 0 Å². The molecule has 2 aromatic heterocycles. The van der Waals surface area contributed by atoms with E-state index in [0.717, 1.165) is 44.6 Å². The Kier molecular flexibility index (Phi) is 7.25. The van der Waals surface area contributed by atoms with Crippen molar-refractivity contribution in [3.8, 4) is 0 Å². The molecule has 4 rings (SSSR count). The highest BCUT2D eigenvalue weighted by molar-refractivity contribution is 9.10. The van der Waals surface area contributed by atoms with Crippen molar-refractivity contribution in [2.75, 3.05) is 5.75 Å². The van der Waals surface area contributed by atoms with Gasteiger partial charge >= 0.3 is 0 Å². The lowest BCUT2D eigenvalue weighted by Crippen LogP contribution is -2.20. The number of hydrogen-bond donors (Lipinski definition) is 1. The summed E-state index contributed by atoms with van der Waals surface area (Å²) in [4.78, 5) is 21.0. The molecule has 0 aliphatic rings. The first kappa shape index (κ1) is 23.2. The third-order valence-electron chi connectivity index (χ3n) is 5.21. The van der Waals surface area contributed by atoms with Gasteiger partial charge in [0.2, 0.25) is 0 Å². The molecule has 0 saturated carbocycles. The Morgan fingerprint density at radius 3 is 2.52 bits per heavy atom. The minimum Gasteiger partial charge on any atom is -0.340 e. The number of aromatic nitrogens is 3. The molecule has 2 aromatic carbocycles. The lowest BCUT2D eigenvalue weighted by molar-refractivity contribution is -0.118. The number of nitrogens with one attached hydrogen (secondary N) is 1. The number of thioether (sulfide) groups is 1. The number of hydrazone groups is 1. The number of para-hydroxylation sites is 1. The number of fused-ring (bicyclic) bond motifs is 1. The number of rotatable bonds is 7. The maximum Gasteiger partial charge on any atom is 0.250 e. The highest BCUT2D eigenvalue weighted by Gasteiger charge is 2.13. The third-order valence-corrected chi connectivity index (χ3v) is 6.59. The van der Waals surface area contributed by atoms with E-state index in [2.05, 4.69) is 84.3 Å². The zero-order valence-electron chi connectivity index (χ0n) is 18.7. The van der Waals surface area contributed by atoms with E-state index in [1.807, 2.05) is 32.0 Å². The van der Waals surface area contributed by atoms with Crippen molar-refractivity contribution in [2.45, 2.75) is 32.5 Å². The summed E-state index contributed by atoms with van der Waals surface area (Å²) in [7, 11) is 0. The monoisotopic (exact) mass is 521 g/mol. The number of hydrogen-bond acceptors (Lipinski definition) is 5. The summed E-state index contributed by atoms with van der Waals surface area (Å²) in [6.07, 6.45) is 1.73. The molecular formula is C25H24BrN5OS. The van der Waals surface area contributed by atoms with Crippen LogP contribution in [0.2, 0.25) is 0 Å². The first-order chi connectivity index (χ1) is 15.9. The number of halogens is 1. The van der Waals surface area contributed by atoms with Gasteiger partial charge in [0.15, 0.2) is 5.16 Å². The quantitative estimate of drug-likeness (QED) is 0.153. The summed E-state index contributed by atoms with van der Waals surface area (Å²) in [5, 5.41) is 5.93.